The predicted molar refractivity (Wildman–Crippen MR) is 228 cm³/mol. The Morgan fingerprint density at radius 1 is 0.820 bits per heavy atom. The average molecular weight is 848 g/mol. The molecule has 4 amide bonds. The number of likely N-dealkylation sites (N-methyl/N-ethyl adjacent to an activating group) is 2. The van der Waals surface area contributed by atoms with E-state index in [0.717, 1.165) is 12.8 Å². The van der Waals surface area contributed by atoms with Crippen LogP contribution < -0.4 is 21.3 Å². The van der Waals surface area contributed by atoms with Crippen molar-refractivity contribution < 1.29 is 32.3 Å². The summed E-state index contributed by atoms with van der Waals surface area (Å²) >= 11 is 0. The van der Waals surface area contributed by atoms with Gasteiger partial charge >= 0.3 is 0 Å². The molecule has 2 aromatic heterocycles. The van der Waals surface area contributed by atoms with E-state index < -0.39 is 48.0 Å². The van der Waals surface area contributed by atoms with Gasteiger partial charge in [-0.3, -0.25) is 19.2 Å². The lowest BCUT2D eigenvalue weighted by atomic mass is 9.73. The molecule has 7 rings (SSSR count). The van der Waals surface area contributed by atoms with E-state index in [2.05, 4.69) is 26.3 Å². The summed E-state index contributed by atoms with van der Waals surface area (Å²) in [5, 5.41) is 12.3. The molecule has 3 aliphatic rings. The predicted octanol–water partition coefficient (Wildman–Crippen LogP) is 4.68. The van der Waals surface area contributed by atoms with Crippen molar-refractivity contribution in [2.75, 3.05) is 27.2 Å². The molecule has 2 aliphatic heterocycles. The number of carbonyl (C=O) groups is 4. The number of nitrogens with one attached hydrogen (secondary N) is 5. The molecular weight excluding hydrogens is 788 g/mol. The van der Waals surface area contributed by atoms with Gasteiger partial charge in [-0.15, -0.1) is 0 Å². The zero-order valence-electron chi connectivity index (χ0n) is 36.3. The van der Waals surface area contributed by atoms with Gasteiger partial charge in [0.2, 0.25) is 23.6 Å². The Morgan fingerprint density at radius 2 is 1.43 bits per heavy atom. The molecule has 2 saturated heterocycles. The number of aromatic amines is 1. The molecule has 9 atom stereocenters. The number of hydrogen-bond donors (Lipinski definition) is 5. The van der Waals surface area contributed by atoms with Gasteiger partial charge in [0.1, 0.15) is 29.9 Å². The lowest BCUT2D eigenvalue weighted by Crippen LogP contribution is -2.56. The monoisotopic (exact) mass is 847 g/mol. The third-order valence-electron chi connectivity index (χ3n) is 13.5. The lowest BCUT2D eigenvalue weighted by molar-refractivity contribution is -0.139. The number of halogens is 3. The number of benzene rings is 2. The Morgan fingerprint density at radius 3 is 2.02 bits per heavy atom. The number of nitrogens with zero attached hydrogens (tertiary/aromatic N) is 4. The van der Waals surface area contributed by atoms with Crippen molar-refractivity contribution in [3.63, 3.8) is 0 Å². The summed E-state index contributed by atoms with van der Waals surface area (Å²) in [5.74, 6) is -1.66. The van der Waals surface area contributed by atoms with Crippen LogP contribution in [0.5, 0.6) is 0 Å². The third kappa shape index (κ3) is 8.62. The maximum Gasteiger partial charge on any atom is 0.245 e. The Balaban J connectivity index is 1.29. The van der Waals surface area contributed by atoms with Gasteiger partial charge in [-0.1, -0.05) is 27.7 Å². The number of amides is 4. The summed E-state index contributed by atoms with van der Waals surface area (Å²) in [7, 11) is 3.34. The Labute approximate surface area is 354 Å². The van der Waals surface area contributed by atoms with Crippen LogP contribution in [-0.4, -0.2) is 118 Å². The van der Waals surface area contributed by atoms with Crippen LogP contribution in [0.1, 0.15) is 66.4 Å². The van der Waals surface area contributed by atoms with Gasteiger partial charge in [0.15, 0.2) is 5.82 Å². The van der Waals surface area contributed by atoms with Gasteiger partial charge in [0.05, 0.1) is 41.4 Å². The molecule has 0 spiro atoms. The van der Waals surface area contributed by atoms with Gasteiger partial charge in [-0.05, 0) is 107 Å². The van der Waals surface area contributed by atoms with Crippen molar-refractivity contribution in [1.82, 2.24) is 45.6 Å². The quantitative estimate of drug-likeness (QED) is 0.116. The largest absolute Gasteiger partial charge is 0.352 e. The van der Waals surface area contributed by atoms with Crippen LogP contribution in [0.2, 0.25) is 0 Å². The highest BCUT2D eigenvalue weighted by atomic mass is 19.1. The van der Waals surface area contributed by atoms with Crippen LogP contribution in [0, 0.1) is 35.3 Å². The molecule has 3 fully saturated rings. The first-order chi connectivity index (χ1) is 29.0. The molecule has 330 valence electrons. The van der Waals surface area contributed by atoms with Gasteiger partial charge < -0.3 is 40.6 Å². The van der Waals surface area contributed by atoms with E-state index in [1.54, 1.807) is 40.1 Å². The van der Waals surface area contributed by atoms with Crippen molar-refractivity contribution >= 4 is 45.6 Å². The van der Waals surface area contributed by atoms with Crippen molar-refractivity contribution in [3.05, 3.63) is 53.6 Å². The maximum atomic E-state index is 15.5. The summed E-state index contributed by atoms with van der Waals surface area (Å²) in [4.78, 5) is 66.7. The summed E-state index contributed by atoms with van der Waals surface area (Å²) in [5.41, 5.74) is 2.68. The molecule has 4 aromatic rings. The van der Waals surface area contributed by atoms with E-state index in [1.165, 1.54) is 29.2 Å². The van der Waals surface area contributed by atoms with E-state index in [-0.39, 0.29) is 72.7 Å². The molecular formula is C45H60F3N9O4. The molecule has 2 aromatic carbocycles. The number of carbonyl (C=O) groups excluding carboxylic acids is 4. The second kappa shape index (κ2) is 17.8. The van der Waals surface area contributed by atoms with Gasteiger partial charge in [-0.25, -0.2) is 18.2 Å². The van der Waals surface area contributed by atoms with Crippen molar-refractivity contribution in [2.24, 2.45) is 23.7 Å². The zero-order valence-corrected chi connectivity index (χ0v) is 36.3. The minimum atomic E-state index is -1.31. The minimum absolute atomic E-state index is 0.0508. The fourth-order valence-corrected chi connectivity index (χ4v) is 9.49. The van der Waals surface area contributed by atoms with Crippen LogP contribution >= 0.6 is 0 Å². The fraction of sp³-hybridized carbons (Fsp3) is 0.578. The van der Waals surface area contributed by atoms with Gasteiger partial charge in [0.25, 0.3) is 0 Å². The third-order valence-corrected chi connectivity index (χ3v) is 13.5. The molecule has 61 heavy (non-hydrogen) atoms. The number of fused-ring (bicyclic) bond motifs is 3. The molecule has 0 bridgehead atoms. The summed E-state index contributed by atoms with van der Waals surface area (Å²) < 4.78 is 47.3. The number of H-pyrrole nitrogens is 1. The summed E-state index contributed by atoms with van der Waals surface area (Å²) in [6, 6.07) is 5.20. The summed E-state index contributed by atoms with van der Waals surface area (Å²) in [6.07, 6.45) is 0.812. The molecule has 16 heteroatoms. The maximum absolute atomic E-state index is 15.5. The highest BCUT2D eigenvalue weighted by molar-refractivity contribution is 5.93. The van der Waals surface area contributed by atoms with Crippen LogP contribution in [-0.2, 0) is 32.1 Å². The molecule has 0 radical (unpaired) electrons. The Hall–Kier alpha value is -4.96. The van der Waals surface area contributed by atoms with Crippen LogP contribution in [0.15, 0.2) is 36.4 Å². The number of aromatic nitrogens is 3. The van der Waals surface area contributed by atoms with E-state index >= 15 is 4.39 Å². The van der Waals surface area contributed by atoms with Gasteiger partial charge in [-0.2, -0.15) is 0 Å². The zero-order chi connectivity index (χ0) is 44.0. The molecule has 1 aliphatic carbocycles. The lowest BCUT2D eigenvalue weighted by Gasteiger charge is -2.36. The molecule has 1 saturated carbocycles. The van der Waals surface area contributed by atoms with Crippen LogP contribution in [0.25, 0.3) is 33.5 Å². The van der Waals surface area contributed by atoms with Gasteiger partial charge in [0, 0.05) is 42.5 Å². The fourth-order valence-electron chi connectivity index (χ4n) is 9.49. The number of rotatable bonds is 15. The van der Waals surface area contributed by atoms with E-state index in [4.69, 9.17) is 4.98 Å². The van der Waals surface area contributed by atoms with E-state index in [9.17, 15) is 28.0 Å². The topological polar surface area (TPSA) is 156 Å². The van der Waals surface area contributed by atoms with E-state index in [1.807, 2.05) is 37.2 Å². The second-order valence-electron chi connectivity index (χ2n) is 18.1. The molecule has 4 heterocycles. The first kappa shape index (κ1) is 44.1. The highest BCUT2D eigenvalue weighted by Crippen LogP contribution is 2.47. The molecule has 0 unspecified atom stereocenters. The number of alkyl halides is 1. The average Bonchev–Trinajstić information content (AvgIpc) is 3.93. The number of likely N-dealkylation sites (tertiary alicyclic amines) is 2. The number of hydrogen-bond acceptors (Lipinski definition) is 7. The normalized spacial score (nSPS) is 23.3. The van der Waals surface area contributed by atoms with E-state index in [0.29, 0.717) is 52.1 Å². The van der Waals surface area contributed by atoms with Crippen molar-refractivity contribution in [3.8, 4) is 11.5 Å². The molecule has 13 nitrogen and oxygen atoms in total. The van der Waals surface area contributed by atoms with Crippen LogP contribution in [0.3, 0.4) is 0 Å². The second-order valence-corrected chi connectivity index (χ2v) is 18.1. The van der Waals surface area contributed by atoms with Crippen molar-refractivity contribution in [2.45, 2.75) is 116 Å². The summed E-state index contributed by atoms with van der Waals surface area (Å²) in [6.45, 7) is 11.6. The Bertz CT molecular complexity index is 2290. The van der Waals surface area contributed by atoms with Crippen molar-refractivity contribution in [1.29, 1.82) is 0 Å². The first-order valence-electron chi connectivity index (χ1n) is 21.7. The van der Waals surface area contributed by atoms with Crippen LogP contribution in [0.4, 0.5) is 13.2 Å². The first-order valence-corrected chi connectivity index (χ1v) is 21.7. The Kier molecular flexibility index (Phi) is 12.9. The minimum Gasteiger partial charge on any atom is -0.352 e. The standard InChI is InChI=1S/C45H60F3N9O4/c1-22(2)38(53-42(58)24(5)49-7)44(60)55-20-29(48)15-30(55)18-33-32-13-10-27(46)16-34(32)51-40(33)41-52-35-17-28(47)11-14-36(35)56(41)21-37-31-12-9-26(31)19-57(37)45(61)39(23(3)4)54-43(59)25(6)50-8/h10-11,13-14,16-17,22-26,29-31,37-39,49-51H,9,12,15,18-21H2,1-8H3,(H,53,58)(H,54,59)/t24-,25-,26-,29-,30-,31-,37+,38-,39-/m0/s1. The number of imidazole rings is 1. The SMILES string of the molecule is CN[C@@H](C)C(=O)N[C@H](C(=O)N1C[C@@H](F)C[C@H]1Cc1c(-c2nc3cc(F)ccc3n2C[C@@H]2[C@H]3CC[C@H]3CN2C(=O)[C@@H](NC(=O)[C@H](C)NC)C(C)C)[nH]c2cc(F)ccc12)C(C)C. The smallest absolute Gasteiger partial charge is 0.245 e. The molecule has 5 N–H and O–H groups in total. The highest BCUT2D eigenvalue weighted by Gasteiger charge is 2.50.